The van der Waals surface area contributed by atoms with Crippen LogP contribution in [0.2, 0.25) is 0 Å². The van der Waals surface area contributed by atoms with Crippen LogP contribution in [0.4, 0.5) is 4.39 Å². The lowest BCUT2D eigenvalue weighted by Gasteiger charge is -2.32. The van der Waals surface area contributed by atoms with Crippen molar-refractivity contribution in [1.29, 1.82) is 0 Å². The number of imidazole rings is 1. The molecule has 9 heteroatoms. The molecule has 0 spiro atoms. The molecule has 1 amide bonds. The van der Waals surface area contributed by atoms with Crippen LogP contribution in [0, 0.1) is 12.3 Å². The predicted molar refractivity (Wildman–Crippen MR) is 128 cm³/mol. The Morgan fingerprint density at radius 1 is 1.29 bits per heavy atom. The summed E-state index contributed by atoms with van der Waals surface area (Å²) in [6.45, 7) is 8.13. The van der Waals surface area contributed by atoms with Crippen LogP contribution in [0.3, 0.4) is 0 Å². The summed E-state index contributed by atoms with van der Waals surface area (Å²) in [6, 6.07) is 11.2. The van der Waals surface area contributed by atoms with Crippen LogP contribution in [0.25, 0.3) is 11.3 Å². The number of carbonyl (C=O) groups excluding carboxylic acids is 1. The van der Waals surface area contributed by atoms with Gasteiger partial charge in [-0.3, -0.25) is 4.79 Å². The molecule has 1 aromatic carbocycles. The molecule has 0 bridgehead atoms. The Hall–Kier alpha value is -3.04. The van der Waals surface area contributed by atoms with Gasteiger partial charge in [0, 0.05) is 37.9 Å². The zero-order valence-corrected chi connectivity index (χ0v) is 20.4. The lowest BCUT2D eigenvalue weighted by Crippen LogP contribution is -2.45. The molecule has 3 atom stereocenters. The van der Waals surface area contributed by atoms with Gasteiger partial charge in [-0.25, -0.2) is 9.37 Å². The molecular weight excluding hydrogens is 437 g/mol. The number of hydrogen-bond acceptors (Lipinski definition) is 6. The number of hydrogen-bond donors (Lipinski definition) is 2. The van der Waals surface area contributed by atoms with E-state index in [0.717, 1.165) is 17.0 Å². The SMILES string of the molecule is COC(C[C@H](F)CN)C(=O)N[C@@H](c1nc(-c2ccccc2)cn1Cc1cc(C)on1)C(C)(C)C. The molecule has 3 rings (SSSR count). The zero-order chi connectivity index (χ0) is 24.9. The Kier molecular flexibility index (Phi) is 8.22. The summed E-state index contributed by atoms with van der Waals surface area (Å²) >= 11 is 0. The molecule has 0 aliphatic heterocycles. The van der Waals surface area contributed by atoms with Crippen molar-refractivity contribution >= 4 is 5.91 Å². The first kappa shape index (κ1) is 25.6. The molecular formula is C25H34FN5O3. The van der Waals surface area contributed by atoms with Gasteiger partial charge in [-0.2, -0.15) is 0 Å². The van der Waals surface area contributed by atoms with Crippen LogP contribution in [-0.2, 0) is 16.1 Å². The number of halogens is 1. The molecule has 0 radical (unpaired) electrons. The van der Waals surface area contributed by atoms with Crippen molar-refractivity contribution in [1.82, 2.24) is 20.0 Å². The van der Waals surface area contributed by atoms with Crippen LogP contribution in [0.5, 0.6) is 0 Å². The van der Waals surface area contributed by atoms with Gasteiger partial charge in [0.05, 0.1) is 18.3 Å². The summed E-state index contributed by atoms with van der Waals surface area (Å²) in [4.78, 5) is 18.0. The molecule has 2 aromatic heterocycles. The van der Waals surface area contributed by atoms with Gasteiger partial charge in [0.15, 0.2) is 0 Å². The molecule has 0 saturated heterocycles. The Labute approximate surface area is 199 Å². The zero-order valence-electron chi connectivity index (χ0n) is 20.4. The number of rotatable bonds is 10. The second-order valence-corrected chi connectivity index (χ2v) is 9.51. The fourth-order valence-electron chi connectivity index (χ4n) is 3.74. The smallest absolute Gasteiger partial charge is 0.249 e. The van der Waals surface area contributed by atoms with Gasteiger partial charge in [0.25, 0.3) is 0 Å². The average molecular weight is 472 g/mol. The molecule has 0 aliphatic carbocycles. The lowest BCUT2D eigenvalue weighted by molar-refractivity contribution is -0.134. The monoisotopic (exact) mass is 471 g/mol. The van der Waals surface area contributed by atoms with E-state index in [1.54, 1.807) is 0 Å². The first-order valence-electron chi connectivity index (χ1n) is 11.3. The lowest BCUT2D eigenvalue weighted by atomic mass is 9.85. The molecule has 0 aliphatic rings. The van der Waals surface area contributed by atoms with Gasteiger partial charge in [-0.1, -0.05) is 56.3 Å². The van der Waals surface area contributed by atoms with Crippen LogP contribution in [0.15, 0.2) is 47.1 Å². The summed E-state index contributed by atoms with van der Waals surface area (Å²) in [5.74, 6) is 0.960. The standard InChI is InChI=1S/C25H34FN5O3/c1-16-11-19(30-34-16)14-31-15-20(17-9-7-6-8-10-17)28-23(31)22(25(2,3)4)29-24(32)21(33-5)12-18(26)13-27/h6-11,15,18,21-22H,12-14,27H2,1-5H3,(H,29,32)/t18-,21?,22-/m0/s1. The van der Waals surface area contributed by atoms with Gasteiger partial charge in [0.2, 0.25) is 5.91 Å². The molecule has 1 unspecified atom stereocenters. The van der Waals surface area contributed by atoms with Crippen molar-refractivity contribution in [2.24, 2.45) is 11.1 Å². The maximum absolute atomic E-state index is 13.9. The van der Waals surface area contributed by atoms with Gasteiger partial charge in [-0.05, 0) is 12.3 Å². The normalized spacial score (nSPS) is 14.6. The molecule has 3 N–H and O–H groups in total. The number of nitrogens with one attached hydrogen (secondary N) is 1. The van der Waals surface area contributed by atoms with Gasteiger partial charge in [0.1, 0.15) is 29.6 Å². The largest absolute Gasteiger partial charge is 0.372 e. The molecule has 0 saturated carbocycles. The molecule has 184 valence electrons. The highest BCUT2D eigenvalue weighted by atomic mass is 19.1. The Balaban J connectivity index is 2.00. The van der Waals surface area contributed by atoms with E-state index in [2.05, 4.69) is 10.5 Å². The third-order valence-corrected chi connectivity index (χ3v) is 5.60. The van der Waals surface area contributed by atoms with Gasteiger partial charge in [-0.15, -0.1) is 0 Å². The van der Waals surface area contributed by atoms with E-state index >= 15 is 0 Å². The first-order chi connectivity index (χ1) is 16.1. The third kappa shape index (κ3) is 6.30. The van der Waals surface area contributed by atoms with Crippen LogP contribution in [-0.4, -0.2) is 46.5 Å². The van der Waals surface area contributed by atoms with E-state index in [1.165, 1.54) is 7.11 Å². The minimum Gasteiger partial charge on any atom is -0.372 e. The fraction of sp³-hybridized carbons (Fsp3) is 0.480. The van der Waals surface area contributed by atoms with E-state index in [-0.39, 0.29) is 13.0 Å². The van der Waals surface area contributed by atoms with E-state index in [1.807, 2.05) is 74.9 Å². The van der Waals surface area contributed by atoms with Crippen molar-refractivity contribution in [3.05, 3.63) is 59.9 Å². The summed E-state index contributed by atoms with van der Waals surface area (Å²) in [5, 5.41) is 7.17. The Morgan fingerprint density at radius 2 is 2.00 bits per heavy atom. The van der Waals surface area contributed by atoms with E-state index in [4.69, 9.17) is 20.0 Å². The molecule has 3 aromatic rings. The minimum absolute atomic E-state index is 0.113. The van der Waals surface area contributed by atoms with Gasteiger partial charge < -0.3 is 24.9 Å². The minimum atomic E-state index is -1.33. The van der Waals surface area contributed by atoms with E-state index in [9.17, 15) is 9.18 Å². The Bertz CT molecular complexity index is 1070. The van der Waals surface area contributed by atoms with Crippen LogP contribution in [0.1, 0.15) is 50.5 Å². The van der Waals surface area contributed by atoms with E-state index in [0.29, 0.717) is 18.1 Å². The summed E-state index contributed by atoms with van der Waals surface area (Å²) in [5.41, 5.74) is 7.46. The van der Waals surface area contributed by atoms with Crippen molar-refractivity contribution in [3.63, 3.8) is 0 Å². The summed E-state index contributed by atoms with van der Waals surface area (Å²) in [7, 11) is 1.39. The quantitative estimate of drug-likeness (QED) is 0.466. The predicted octanol–water partition coefficient (Wildman–Crippen LogP) is 3.80. The first-order valence-corrected chi connectivity index (χ1v) is 11.3. The number of ether oxygens (including phenoxy) is 1. The molecule has 2 heterocycles. The highest BCUT2D eigenvalue weighted by molar-refractivity contribution is 5.81. The highest BCUT2D eigenvalue weighted by Gasteiger charge is 2.35. The third-order valence-electron chi connectivity index (χ3n) is 5.60. The van der Waals surface area contributed by atoms with Gasteiger partial charge >= 0.3 is 0 Å². The average Bonchev–Trinajstić information content (AvgIpc) is 3.41. The van der Waals surface area contributed by atoms with Crippen molar-refractivity contribution in [2.45, 2.75) is 59.0 Å². The van der Waals surface area contributed by atoms with Crippen LogP contribution >= 0.6 is 0 Å². The fourth-order valence-corrected chi connectivity index (χ4v) is 3.74. The van der Waals surface area contributed by atoms with Crippen molar-refractivity contribution in [3.8, 4) is 11.3 Å². The Morgan fingerprint density at radius 3 is 2.56 bits per heavy atom. The molecule has 0 fully saturated rings. The van der Waals surface area contributed by atoms with Crippen molar-refractivity contribution < 1.29 is 18.4 Å². The number of aryl methyl sites for hydroxylation is 1. The number of nitrogens with two attached hydrogens (primary N) is 1. The summed E-state index contributed by atoms with van der Waals surface area (Å²) in [6.07, 6.45) is -0.457. The maximum Gasteiger partial charge on any atom is 0.249 e. The highest BCUT2D eigenvalue weighted by Crippen LogP contribution is 2.34. The maximum atomic E-state index is 13.9. The number of amides is 1. The van der Waals surface area contributed by atoms with Crippen molar-refractivity contribution in [2.75, 3.05) is 13.7 Å². The number of carbonyl (C=O) groups is 1. The van der Waals surface area contributed by atoms with E-state index < -0.39 is 29.6 Å². The summed E-state index contributed by atoms with van der Waals surface area (Å²) < 4.78 is 26.4. The second-order valence-electron chi connectivity index (χ2n) is 9.51. The number of aromatic nitrogens is 3. The number of benzene rings is 1. The second kappa shape index (κ2) is 10.9. The topological polar surface area (TPSA) is 108 Å². The number of alkyl halides is 1. The molecule has 34 heavy (non-hydrogen) atoms. The molecule has 8 nitrogen and oxygen atoms in total. The van der Waals surface area contributed by atoms with Crippen LogP contribution < -0.4 is 11.1 Å². The number of nitrogens with zero attached hydrogens (tertiary/aromatic N) is 3. The number of methoxy groups -OCH3 is 1.